The molecule has 17 heavy (non-hydrogen) atoms. The number of anilines is 1. The molecule has 1 amide bonds. The Kier molecular flexibility index (Phi) is 4.78. The van der Waals surface area contributed by atoms with E-state index in [9.17, 15) is 9.59 Å². The van der Waals surface area contributed by atoms with Crippen molar-refractivity contribution in [3.8, 4) is 5.75 Å². The molecule has 0 bridgehead atoms. The van der Waals surface area contributed by atoms with Gasteiger partial charge in [0.05, 0.1) is 24.4 Å². The maximum absolute atomic E-state index is 11.4. The van der Waals surface area contributed by atoms with Crippen LogP contribution in [0.3, 0.4) is 0 Å². The van der Waals surface area contributed by atoms with E-state index in [1.807, 2.05) is 0 Å². The van der Waals surface area contributed by atoms with Crippen molar-refractivity contribution in [2.24, 2.45) is 0 Å². The zero-order valence-electron chi connectivity index (χ0n) is 9.45. The first-order chi connectivity index (χ1) is 8.08. The van der Waals surface area contributed by atoms with E-state index in [0.717, 1.165) is 0 Å². The highest BCUT2D eigenvalue weighted by Crippen LogP contribution is 2.26. The highest BCUT2D eigenvalue weighted by molar-refractivity contribution is 6.39. The van der Waals surface area contributed by atoms with Crippen LogP contribution in [0.15, 0.2) is 18.2 Å². The molecule has 1 rings (SSSR count). The smallest absolute Gasteiger partial charge is 0.397 e. The molecular weight excluding hydrogens is 246 g/mol. The number of hydrogen-bond donors (Lipinski definition) is 1. The van der Waals surface area contributed by atoms with Crippen LogP contribution in [0.1, 0.15) is 6.92 Å². The number of halogens is 1. The SMILES string of the molecule is CCOC(=O)C(=O)Nc1cc(OC)ccc1Cl. The van der Waals surface area contributed by atoms with Crippen LogP contribution in [0.2, 0.25) is 5.02 Å². The molecule has 0 atom stereocenters. The summed E-state index contributed by atoms with van der Waals surface area (Å²) in [7, 11) is 1.49. The first-order valence-corrected chi connectivity index (χ1v) is 5.28. The van der Waals surface area contributed by atoms with E-state index in [4.69, 9.17) is 16.3 Å². The Morgan fingerprint density at radius 3 is 2.71 bits per heavy atom. The van der Waals surface area contributed by atoms with Crippen molar-refractivity contribution in [1.29, 1.82) is 0 Å². The van der Waals surface area contributed by atoms with Crippen molar-refractivity contribution in [3.05, 3.63) is 23.2 Å². The molecule has 1 N–H and O–H groups in total. The number of carbonyl (C=O) groups excluding carboxylic acids is 2. The van der Waals surface area contributed by atoms with Gasteiger partial charge in [0.1, 0.15) is 5.75 Å². The zero-order chi connectivity index (χ0) is 12.8. The highest BCUT2D eigenvalue weighted by Gasteiger charge is 2.16. The summed E-state index contributed by atoms with van der Waals surface area (Å²) in [5, 5.41) is 2.65. The second-order valence-corrected chi connectivity index (χ2v) is 3.43. The summed E-state index contributed by atoms with van der Waals surface area (Å²) in [5.74, 6) is -1.30. The molecule has 0 radical (unpaired) electrons. The van der Waals surface area contributed by atoms with Gasteiger partial charge in [-0.3, -0.25) is 4.79 Å². The molecule has 1 aromatic rings. The normalized spacial score (nSPS) is 9.59. The highest BCUT2D eigenvalue weighted by atomic mass is 35.5. The fourth-order valence-corrected chi connectivity index (χ4v) is 1.26. The van der Waals surface area contributed by atoms with E-state index in [2.05, 4.69) is 10.1 Å². The molecule has 0 fully saturated rings. The van der Waals surface area contributed by atoms with Gasteiger partial charge in [0.15, 0.2) is 0 Å². The Bertz CT molecular complexity index is 433. The molecule has 0 aromatic heterocycles. The van der Waals surface area contributed by atoms with E-state index in [0.29, 0.717) is 16.5 Å². The lowest BCUT2D eigenvalue weighted by Gasteiger charge is -2.08. The Labute approximate surface area is 104 Å². The standard InChI is InChI=1S/C11H12ClNO4/c1-3-17-11(15)10(14)13-9-6-7(16-2)4-5-8(9)12/h4-6H,3H2,1-2H3,(H,13,14). The van der Waals surface area contributed by atoms with Gasteiger partial charge >= 0.3 is 11.9 Å². The molecule has 0 aliphatic heterocycles. The second-order valence-electron chi connectivity index (χ2n) is 3.02. The van der Waals surface area contributed by atoms with Crippen LogP contribution in [0.25, 0.3) is 0 Å². The third-order valence-corrected chi connectivity index (χ3v) is 2.21. The van der Waals surface area contributed by atoms with Gasteiger partial charge in [0.25, 0.3) is 0 Å². The number of esters is 1. The van der Waals surface area contributed by atoms with Crippen LogP contribution in [0.5, 0.6) is 5.75 Å². The van der Waals surface area contributed by atoms with Gasteiger partial charge in [-0.2, -0.15) is 0 Å². The molecule has 92 valence electrons. The van der Waals surface area contributed by atoms with Crippen LogP contribution in [0, 0.1) is 0 Å². The van der Waals surface area contributed by atoms with Gasteiger partial charge in [-0.05, 0) is 19.1 Å². The quantitative estimate of drug-likeness (QED) is 0.663. The predicted molar refractivity (Wildman–Crippen MR) is 63.3 cm³/mol. The molecule has 0 heterocycles. The Morgan fingerprint density at radius 2 is 2.12 bits per heavy atom. The number of rotatable bonds is 3. The third-order valence-electron chi connectivity index (χ3n) is 1.88. The van der Waals surface area contributed by atoms with Gasteiger partial charge in [0, 0.05) is 6.07 Å². The summed E-state index contributed by atoms with van der Waals surface area (Å²) in [6.45, 7) is 1.75. The van der Waals surface area contributed by atoms with Crippen molar-refractivity contribution in [1.82, 2.24) is 0 Å². The van der Waals surface area contributed by atoms with E-state index in [1.165, 1.54) is 13.2 Å². The van der Waals surface area contributed by atoms with Crippen LogP contribution < -0.4 is 10.1 Å². The van der Waals surface area contributed by atoms with E-state index in [1.54, 1.807) is 19.1 Å². The molecule has 5 nitrogen and oxygen atoms in total. The summed E-state index contributed by atoms with van der Waals surface area (Å²) in [6.07, 6.45) is 0. The minimum Gasteiger partial charge on any atom is -0.497 e. The first kappa shape index (κ1) is 13.3. The first-order valence-electron chi connectivity index (χ1n) is 4.90. The number of hydrogen-bond acceptors (Lipinski definition) is 4. The maximum Gasteiger partial charge on any atom is 0.397 e. The summed E-state index contributed by atoms with van der Waals surface area (Å²) in [5.41, 5.74) is 0.295. The monoisotopic (exact) mass is 257 g/mol. The lowest BCUT2D eigenvalue weighted by molar-refractivity contribution is -0.152. The fourth-order valence-electron chi connectivity index (χ4n) is 1.10. The zero-order valence-corrected chi connectivity index (χ0v) is 10.2. The molecule has 0 saturated carbocycles. The topological polar surface area (TPSA) is 64.6 Å². The van der Waals surface area contributed by atoms with Gasteiger partial charge in [-0.1, -0.05) is 11.6 Å². The van der Waals surface area contributed by atoms with Gasteiger partial charge in [-0.25, -0.2) is 4.79 Å². The largest absolute Gasteiger partial charge is 0.497 e. The maximum atomic E-state index is 11.4. The number of nitrogens with one attached hydrogen (secondary N) is 1. The molecule has 0 aliphatic rings. The number of carbonyl (C=O) groups is 2. The van der Waals surface area contributed by atoms with Crippen LogP contribution in [-0.4, -0.2) is 25.6 Å². The number of methoxy groups -OCH3 is 1. The summed E-state index contributed by atoms with van der Waals surface area (Å²) in [4.78, 5) is 22.5. The van der Waals surface area contributed by atoms with Crippen molar-refractivity contribution in [2.45, 2.75) is 6.92 Å². The average Bonchev–Trinajstić information content (AvgIpc) is 2.32. The molecule has 6 heteroatoms. The minimum atomic E-state index is -0.952. The summed E-state index contributed by atoms with van der Waals surface area (Å²) >= 11 is 5.86. The number of amides is 1. The second kappa shape index (κ2) is 6.10. The van der Waals surface area contributed by atoms with Crippen LogP contribution in [0.4, 0.5) is 5.69 Å². The summed E-state index contributed by atoms with van der Waals surface area (Å²) < 4.78 is 9.52. The minimum absolute atomic E-state index is 0.137. The Balaban J connectivity index is 2.80. The molecular formula is C11H12ClNO4. The molecule has 0 saturated heterocycles. The van der Waals surface area contributed by atoms with Crippen LogP contribution >= 0.6 is 11.6 Å². The lowest BCUT2D eigenvalue weighted by Crippen LogP contribution is -2.25. The predicted octanol–water partition coefficient (Wildman–Crippen LogP) is 1.85. The Hall–Kier alpha value is -1.75. The Morgan fingerprint density at radius 1 is 1.41 bits per heavy atom. The van der Waals surface area contributed by atoms with Crippen LogP contribution in [-0.2, 0) is 14.3 Å². The van der Waals surface area contributed by atoms with E-state index >= 15 is 0 Å². The molecule has 0 unspecified atom stereocenters. The van der Waals surface area contributed by atoms with Crippen molar-refractivity contribution >= 4 is 29.2 Å². The number of ether oxygens (including phenoxy) is 2. The fraction of sp³-hybridized carbons (Fsp3) is 0.273. The van der Waals surface area contributed by atoms with Gasteiger partial charge < -0.3 is 14.8 Å². The molecule has 0 aliphatic carbocycles. The number of benzene rings is 1. The molecule has 0 spiro atoms. The lowest BCUT2D eigenvalue weighted by atomic mass is 10.3. The van der Waals surface area contributed by atoms with E-state index < -0.39 is 11.9 Å². The van der Waals surface area contributed by atoms with Crippen molar-refractivity contribution < 1.29 is 19.1 Å². The van der Waals surface area contributed by atoms with Crippen molar-refractivity contribution in [3.63, 3.8) is 0 Å². The summed E-state index contributed by atoms with van der Waals surface area (Å²) in [6, 6.07) is 4.71. The van der Waals surface area contributed by atoms with Crippen molar-refractivity contribution in [2.75, 3.05) is 19.0 Å². The van der Waals surface area contributed by atoms with Gasteiger partial charge in [-0.15, -0.1) is 0 Å². The van der Waals surface area contributed by atoms with Gasteiger partial charge in [0.2, 0.25) is 0 Å². The molecule has 1 aromatic carbocycles. The average molecular weight is 258 g/mol. The third kappa shape index (κ3) is 3.64. The van der Waals surface area contributed by atoms with E-state index in [-0.39, 0.29) is 6.61 Å².